The Labute approximate surface area is 204 Å². The van der Waals surface area contributed by atoms with Crippen LogP contribution < -0.4 is 16.4 Å². The van der Waals surface area contributed by atoms with Crippen molar-refractivity contribution in [3.63, 3.8) is 0 Å². The molecule has 1 aromatic rings. The minimum Gasteiger partial charge on any atom is -0.480 e. The SMILES string of the molecule is Cn1nnnc1SCC1=C(C(=O)O)N2C(=O)[C@@](NC=O)(NC(=O)CSC[C@H](N)C(=O)O)[C@@H]2SC1. The molecular weight excluding hydrogens is 512 g/mol. The summed E-state index contributed by atoms with van der Waals surface area (Å²) in [6.07, 6.45) is 0.250. The third kappa shape index (κ3) is 4.98. The lowest BCUT2D eigenvalue weighted by Crippen LogP contribution is -2.85. The lowest BCUT2D eigenvalue weighted by molar-refractivity contribution is -0.162. The zero-order valence-corrected chi connectivity index (χ0v) is 20.0. The Hall–Kier alpha value is -2.83. The van der Waals surface area contributed by atoms with Crippen molar-refractivity contribution >= 4 is 65.4 Å². The fraction of sp³-hybridized carbons (Fsp3) is 0.500. The quantitative estimate of drug-likeness (QED) is 0.0797. The van der Waals surface area contributed by atoms with E-state index in [1.54, 1.807) is 7.05 Å². The molecule has 15 nitrogen and oxygen atoms in total. The van der Waals surface area contributed by atoms with Gasteiger partial charge in [-0.3, -0.25) is 24.1 Å². The van der Waals surface area contributed by atoms with E-state index in [9.17, 15) is 29.1 Å². The van der Waals surface area contributed by atoms with Crippen LogP contribution in [0.3, 0.4) is 0 Å². The summed E-state index contributed by atoms with van der Waals surface area (Å²) in [7, 11) is 1.63. The number of hydrogen-bond donors (Lipinski definition) is 5. The zero-order chi connectivity index (χ0) is 25.0. The monoisotopic (exact) mass is 532 g/mol. The van der Waals surface area contributed by atoms with E-state index in [2.05, 4.69) is 26.2 Å². The molecule has 34 heavy (non-hydrogen) atoms. The molecule has 1 aromatic heterocycles. The van der Waals surface area contributed by atoms with Gasteiger partial charge in [-0.05, 0) is 16.0 Å². The lowest BCUT2D eigenvalue weighted by Gasteiger charge is -2.56. The Morgan fingerprint density at radius 1 is 1.41 bits per heavy atom. The van der Waals surface area contributed by atoms with Crippen LogP contribution in [-0.2, 0) is 31.0 Å². The molecule has 0 bridgehead atoms. The van der Waals surface area contributed by atoms with Gasteiger partial charge in [-0.25, -0.2) is 9.48 Å². The van der Waals surface area contributed by atoms with Crippen LogP contribution in [0.4, 0.5) is 0 Å². The number of carbonyl (C=O) groups is 5. The molecule has 1 saturated heterocycles. The average Bonchev–Trinajstić information content (AvgIpc) is 3.20. The predicted molar refractivity (Wildman–Crippen MR) is 120 cm³/mol. The van der Waals surface area contributed by atoms with E-state index in [4.69, 9.17) is 10.8 Å². The third-order valence-corrected chi connectivity index (χ3v) is 8.34. The smallest absolute Gasteiger partial charge is 0.352 e. The van der Waals surface area contributed by atoms with Crippen LogP contribution in [-0.4, -0.2) is 106 Å². The fourth-order valence-electron chi connectivity index (χ4n) is 3.21. The maximum atomic E-state index is 13.1. The van der Waals surface area contributed by atoms with Crippen LogP contribution in [0.25, 0.3) is 0 Å². The molecule has 0 spiro atoms. The van der Waals surface area contributed by atoms with Crippen molar-refractivity contribution in [1.82, 2.24) is 35.7 Å². The van der Waals surface area contributed by atoms with Crippen molar-refractivity contribution in [1.29, 1.82) is 0 Å². The molecule has 0 aromatic carbocycles. The van der Waals surface area contributed by atoms with E-state index >= 15 is 0 Å². The Balaban J connectivity index is 1.74. The van der Waals surface area contributed by atoms with E-state index in [0.29, 0.717) is 10.7 Å². The number of rotatable bonds is 12. The van der Waals surface area contributed by atoms with Gasteiger partial charge < -0.3 is 26.6 Å². The highest BCUT2D eigenvalue weighted by Gasteiger charge is 2.65. The number of amides is 3. The summed E-state index contributed by atoms with van der Waals surface area (Å²) in [5.74, 6) is -3.83. The molecule has 3 rings (SSSR count). The molecule has 3 atom stereocenters. The second-order valence-electron chi connectivity index (χ2n) is 7.05. The van der Waals surface area contributed by atoms with E-state index in [1.165, 1.54) is 28.2 Å². The lowest BCUT2D eigenvalue weighted by atomic mass is 9.95. The maximum absolute atomic E-state index is 13.1. The number of aliphatic carboxylic acids is 2. The van der Waals surface area contributed by atoms with Gasteiger partial charge in [0.25, 0.3) is 5.91 Å². The highest BCUT2D eigenvalue weighted by atomic mass is 32.2. The van der Waals surface area contributed by atoms with Gasteiger partial charge in [0.1, 0.15) is 17.1 Å². The van der Waals surface area contributed by atoms with Gasteiger partial charge in [0, 0.05) is 24.3 Å². The predicted octanol–water partition coefficient (Wildman–Crippen LogP) is -2.74. The largest absolute Gasteiger partial charge is 0.480 e. The van der Waals surface area contributed by atoms with Crippen LogP contribution >= 0.6 is 35.3 Å². The Morgan fingerprint density at radius 3 is 2.74 bits per heavy atom. The molecule has 0 unspecified atom stereocenters. The number of fused-ring (bicyclic) bond motifs is 1. The number of aryl methyl sites for hydroxylation is 1. The number of carbonyl (C=O) groups excluding carboxylic acids is 3. The summed E-state index contributed by atoms with van der Waals surface area (Å²) in [5, 5.41) is 34.0. The van der Waals surface area contributed by atoms with Crippen LogP contribution in [0.15, 0.2) is 16.4 Å². The molecule has 2 aliphatic rings. The molecule has 0 saturated carbocycles. The molecule has 3 amide bonds. The standard InChI is InChI=1S/C16H20N8O7S3/c1-23-15(20-21-22-23)34-3-7-2-33-14-16(18-6-25,13(31)24(14)10(7)12(29)30)19-9(26)5-32-4-8(17)11(27)28/h6,8,14H,2-5,17H2,1H3,(H,18,25)(H,19,26)(H,27,28)(H,29,30)/t8-,14-,16+/m0/s1. The summed E-state index contributed by atoms with van der Waals surface area (Å²) in [4.78, 5) is 60.6. The third-order valence-electron chi connectivity index (χ3n) is 4.78. The number of aromatic nitrogens is 4. The zero-order valence-electron chi connectivity index (χ0n) is 17.5. The van der Waals surface area contributed by atoms with Crippen molar-refractivity contribution in [2.75, 3.05) is 23.0 Å². The molecule has 184 valence electrons. The highest BCUT2D eigenvalue weighted by molar-refractivity contribution is 8.01. The van der Waals surface area contributed by atoms with Crippen molar-refractivity contribution in [3.05, 3.63) is 11.3 Å². The van der Waals surface area contributed by atoms with Gasteiger partial charge in [-0.2, -0.15) is 0 Å². The minimum absolute atomic E-state index is 0.0386. The van der Waals surface area contributed by atoms with Gasteiger partial charge in [-0.15, -0.1) is 28.6 Å². The van der Waals surface area contributed by atoms with Gasteiger partial charge in [0.05, 0.1) is 5.75 Å². The van der Waals surface area contributed by atoms with Gasteiger partial charge in [0.2, 0.25) is 23.1 Å². The summed E-state index contributed by atoms with van der Waals surface area (Å²) < 4.78 is 1.43. The van der Waals surface area contributed by atoms with E-state index in [1.807, 2.05) is 0 Å². The van der Waals surface area contributed by atoms with Gasteiger partial charge in [0.15, 0.2) is 0 Å². The first-order chi connectivity index (χ1) is 16.1. The first-order valence-electron chi connectivity index (χ1n) is 9.46. The summed E-state index contributed by atoms with van der Waals surface area (Å²) in [5.41, 5.74) is 3.80. The van der Waals surface area contributed by atoms with E-state index < -0.39 is 40.8 Å². The van der Waals surface area contributed by atoms with E-state index in [-0.39, 0.29) is 35.1 Å². The van der Waals surface area contributed by atoms with Crippen molar-refractivity contribution < 1.29 is 34.2 Å². The molecular formula is C16H20N8O7S3. The summed E-state index contributed by atoms with van der Waals surface area (Å²) in [6.45, 7) is 0. The molecule has 2 aliphatic heterocycles. The van der Waals surface area contributed by atoms with Gasteiger partial charge in [-0.1, -0.05) is 11.8 Å². The van der Waals surface area contributed by atoms with Crippen molar-refractivity contribution in [2.24, 2.45) is 12.8 Å². The van der Waals surface area contributed by atoms with Crippen molar-refractivity contribution in [2.45, 2.75) is 22.2 Å². The number of nitrogens with one attached hydrogen (secondary N) is 2. The second kappa shape index (κ2) is 10.6. The highest BCUT2D eigenvalue weighted by Crippen LogP contribution is 2.45. The fourth-order valence-corrected chi connectivity index (χ4v) is 6.40. The maximum Gasteiger partial charge on any atom is 0.352 e. The van der Waals surface area contributed by atoms with Crippen LogP contribution in [0, 0.1) is 0 Å². The molecule has 3 heterocycles. The number of β-lactam (4-membered cyclic amide) rings is 1. The average molecular weight is 533 g/mol. The number of nitrogens with two attached hydrogens (primary N) is 1. The van der Waals surface area contributed by atoms with E-state index in [0.717, 1.165) is 16.7 Å². The molecule has 6 N–H and O–H groups in total. The van der Waals surface area contributed by atoms with Crippen LogP contribution in [0.1, 0.15) is 0 Å². The van der Waals surface area contributed by atoms with Gasteiger partial charge >= 0.3 is 11.9 Å². The number of carboxylic acid groups (broad SMARTS) is 2. The summed E-state index contributed by atoms with van der Waals surface area (Å²) >= 11 is 3.33. The Kier molecular flexibility index (Phi) is 8.05. The first kappa shape index (κ1) is 25.8. The topological polar surface area (TPSA) is 223 Å². The Bertz CT molecular complexity index is 1050. The Morgan fingerprint density at radius 2 is 2.15 bits per heavy atom. The second-order valence-corrected chi connectivity index (χ2v) is 10.1. The number of tetrazole rings is 1. The van der Waals surface area contributed by atoms with Crippen molar-refractivity contribution in [3.8, 4) is 0 Å². The first-order valence-corrected chi connectivity index (χ1v) is 12.7. The normalized spacial score (nSPS) is 22.5. The number of thioether (sulfide) groups is 3. The molecule has 0 radical (unpaired) electrons. The minimum atomic E-state index is -1.83. The number of carboxylic acids is 2. The number of nitrogens with zero attached hydrogens (tertiary/aromatic N) is 5. The molecule has 18 heteroatoms. The van der Waals surface area contributed by atoms with Crippen LogP contribution in [0.5, 0.6) is 0 Å². The summed E-state index contributed by atoms with van der Waals surface area (Å²) in [6, 6.07) is -1.16. The molecule has 0 aliphatic carbocycles. The number of hydrogen-bond acceptors (Lipinski definition) is 12. The molecule has 1 fully saturated rings. The van der Waals surface area contributed by atoms with Crippen LogP contribution in [0.2, 0.25) is 0 Å².